The molecule has 1 N–H and O–H groups in total. The average Bonchev–Trinajstić information content (AvgIpc) is 3.30. The number of aryl methyl sites for hydroxylation is 2. The van der Waals surface area contributed by atoms with E-state index in [2.05, 4.69) is 15.1 Å². The molecule has 1 amide bonds. The molecule has 0 aromatic carbocycles. The standard InChI is InChI=1S/C23H26N4O4/c1-4-5-18(12-28)27-11-17-8-21(25-10-19(17)23(27)29)30-13-20-15(3)31-26-22(20)16-7-6-14(2)24-9-16/h6-10,18,28H,4-5,11-13H2,1-3H3. The lowest BCUT2D eigenvalue weighted by Gasteiger charge is -2.25. The third kappa shape index (κ3) is 4.16. The number of aliphatic hydroxyl groups excluding tert-OH is 1. The molecule has 8 nitrogen and oxygen atoms in total. The predicted octanol–water partition coefficient (Wildman–Crippen LogP) is 3.44. The number of pyridine rings is 2. The smallest absolute Gasteiger partial charge is 0.256 e. The monoisotopic (exact) mass is 422 g/mol. The summed E-state index contributed by atoms with van der Waals surface area (Å²) in [5.74, 6) is 1.01. The zero-order chi connectivity index (χ0) is 22.0. The van der Waals surface area contributed by atoms with Gasteiger partial charge in [-0.15, -0.1) is 0 Å². The number of fused-ring (bicyclic) bond motifs is 1. The zero-order valence-corrected chi connectivity index (χ0v) is 18.0. The number of ether oxygens (including phenoxy) is 1. The second-order valence-corrected chi connectivity index (χ2v) is 7.78. The Morgan fingerprint density at radius 2 is 2.10 bits per heavy atom. The van der Waals surface area contributed by atoms with Gasteiger partial charge in [-0.05, 0) is 38.0 Å². The predicted molar refractivity (Wildman–Crippen MR) is 113 cm³/mol. The van der Waals surface area contributed by atoms with Crippen molar-refractivity contribution >= 4 is 5.91 Å². The number of hydrogen-bond donors (Lipinski definition) is 1. The van der Waals surface area contributed by atoms with E-state index in [4.69, 9.17) is 9.26 Å². The Kier molecular flexibility index (Phi) is 5.99. The Morgan fingerprint density at radius 3 is 2.81 bits per heavy atom. The molecule has 3 aromatic heterocycles. The summed E-state index contributed by atoms with van der Waals surface area (Å²) in [6, 6.07) is 5.49. The minimum atomic E-state index is -0.181. The van der Waals surface area contributed by atoms with Crippen LogP contribution in [0.4, 0.5) is 0 Å². The van der Waals surface area contributed by atoms with E-state index < -0.39 is 0 Å². The molecule has 0 spiro atoms. The van der Waals surface area contributed by atoms with Gasteiger partial charge in [0.25, 0.3) is 5.91 Å². The Bertz CT molecular complexity index is 1080. The van der Waals surface area contributed by atoms with E-state index in [0.29, 0.717) is 29.4 Å². The molecule has 1 unspecified atom stereocenters. The highest BCUT2D eigenvalue weighted by Crippen LogP contribution is 2.29. The van der Waals surface area contributed by atoms with Gasteiger partial charge in [0.05, 0.1) is 23.8 Å². The fourth-order valence-electron chi connectivity index (χ4n) is 3.80. The van der Waals surface area contributed by atoms with Gasteiger partial charge >= 0.3 is 0 Å². The molecule has 1 aliphatic rings. The summed E-state index contributed by atoms with van der Waals surface area (Å²) in [5, 5.41) is 13.8. The molecule has 31 heavy (non-hydrogen) atoms. The number of aromatic nitrogens is 3. The summed E-state index contributed by atoms with van der Waals surface area (Å²) in [4.78, 5) is 23.1. The van der Waals surface area contributed by atoms with E-state index in [-0.39, 0.29) is 25.2 Å². The van der Waals surface area contributed by atoms with E-state index in [1.807, 2.05) is 32.9 Å². The van der Waals surface area contributed by atoms with Crippen LogP contribution in [0.3, 0.4) is 0 Å². The van der Waals surface area contributed by atoms with E-state index in [0.717, 1.165) is 35.2 Å². The zero-order valence-electron chi connectivity index (χ0n) is 18.0. The van der Waals surface area contributed by atoms with E-state index in [9.17, 15) is 9.90 Å². The molecule has 3 aromatic rings. The molecule has 1 aliphatic heterocycles. The molecule has 0 aliphatic carbocycles. The molecule has 0 bridgehead atoms. The van der Waals surface area contributed by atoms with Crippen molar-refractivity contribution in [2.45, 2.75) is 52.8 Å². The quantitative estimate of drug-likeness (QED) is 0.593. The summed E-state index contributed by atoms with van der Waals surface area (Å²) in [5.41, 5.74) is 4.72. The van der Waals surface area contributed by atoms with Crippen molar-refractivity contribution in [1.29, 1.82) is 0 Å². The average molecular weight is 422 g/mol. The number of carbonyl (C=O) groups excluding carboxylic acids is 1. The van der Waals surface area contributed by atoms with Crippen molar-refractivity contribution in [2.24, 2.45) is 0 Å². The number of hydrogen-bond acceptors (Lipinski definition) is 7. The molecular weight excluding hydrogens is 396 g/mol. The number of rotatable bonds is 8. The van der Waals surface area contributed by atoms with Gasteiger partial charge in [-0.25, -0.2) is 4.98 Å². The lowest BCUT2D eigenvalue weighted by atomic mass is 10.1. The maximum atomic E-state index is 12.7. The van der Waals surface area contributed by atoms with Crippen LogP contribution in [0.2, 0.25) is 0 Å². The first-order valence-electron chi connectivity index (χ1n) is 10.4. The largest absolute Gasteiger partial charge is 0.473 e. The van der Waals surface area contributed by atoms with E-state index in [1.165, 1.54) is 0 Å². The fraction of sp³-hybridized carbons (Fsp3) is 0.391. The van der Waals surface area contributed by atoms with Gasteiger partial charge < -0.3 is 19.3 Å². The van der Waals surface area contributed by atoms with Gasteiger partial charge in [0, 0.05) is 36.3 Å². The first-order valence-corrected chi connectivity index (χ1v) is 10.4. The topological polar surface area (TPSA) is 102 Å². The molecule has 4 rings (SSSR count). The lowest BCUT2D eigenvalue weighted by Crippen LogP contribution is -2.38. The minimum absolute atomic E-state index is 0.0479. The van der Waals surface area contributed by atoms with Gasteiger partial charge in [0.1, 0.15) is 18.1 Å². The second kappa shape index (κ2) is 8.85. The van der Waals surface area contributed by atoms with Crippen LogP contribution in [0, 0.1) is 13.8 Å². The van der Waals surface area contributed by atoms with Crippen LogP contribution in [0.25, 0.3) is 11.3 Å². The molecule has 0 saturated heterocycles. The molecule has 0 fully saturated rings. The maximum absolute atomic E-state index is 12.7. The van der Waals surface area contributed by atoms with Crippen LogP contribution in [0.1, 0.15) is 52.7 Å². The van der Waals surface area contributed by atoms with Crippen LogP contribution >= 0.6 is 0 Å². The Morgan fingerprint density at radius 1 is 1.26 bits per heavy atom. The van der Waals surface area contributed by atoms with Crippen molar-refractivity contribution in [3.05, 3.63) is 58.7 Å². The first kappa shape index (κ1) is 21.0. The van der Waals surface area contributed by atoms with Gasteiger partial charge in [0.15, 0.2) is 0 Å². The molecule has 162 valence electrons. The molecule has 4 heterocycles. The summed E-state index contributed by atoms with van der Waals surface area (Å²) < 4.78 is 11.3. The molecule has 1 atom stereocenters. The SMILES string of the molecule is CCCC(CO)N1Cc2cc(OCc3c(-c4ccc(C)nc4)noc3C)ncc2C1=O. The van der Waals surface area contributed by atoms with Gasteiger partial charge in [-0.1, -0.05) is 18.5 Å². The number of carbonyl (C=O) groups is 1. The van der Waals surface area contributed by atoms with E-state index >= 15 is 0 Å². The van der Waals surface area contributed by atoms with Crippen molar-refractivity contribution in [3.63, 3.8) is 0 Å². The molecule has 0 saturated carbocycles. The third-order valence-electron chi connectivity index (χ3n) is 5.60. The Balaban J connectivity index is 1.50. The van der Waals surface area contributed by atoms with Crippen molar-refractivity contribution < 1.29 is 19.2 Å². The highest BCUT2D eigenvalue weighted by Gasteiger charge is 2.32. The second-order valence-electron chi connectivity index (χ2n) is 7.78. The molecule has 8 heteroatoms. The van der Waals surface area contributed by atoms with Gasteiger partial charge in [0.2, 0.25) is 5.88 Å². The summed E-state index contributed by atoms with van der Waals surface area (Å²) in [6.45, 7) is 6.44. The number of aliphatic hydroxyl groups is 1. The molecule has 0 radical (unpaired) electrons. The highest BCUT2D eigenvalue weighted by molar-refractivity contribution is 5.98. The first-order chi connectivity index (χ1) is 15.0. The fourth-order valence-corrected chi connectivity index (χ4v) is 3.80. The van der Waals surface area contributed by atoms with Crippen LogP contribution < -0.4 is 4.74 Å². The van der Waals surface area contributed by atoms with E-state index in [1.54, 1.807) is 23.4 Å². The van der Waals surface area contributed by atoms with Crippen LogP contribution in [-0.2, 0) is 13.2 Å². The molecular formula is C23H26N4O4. The third-order valence-corrected chi connectivity index (χ3v) is 5.60. The number of amides is 1. The summed E-state index contributed by atoms with van der Waals surface area (Å²) >= 11 is 0. The summed E-state index contributed by atoms with van der Waals surface area (Å²) in [6.07, 6.45) is 4.97. The van der Waals surface area contributed by atoms with Crippen molar-refractivity contribution in [3.8, 4) is 17.1 Å². The van der Waals surface area contributed by atoms with Gasteiger partial charge in [-0.2, -0.15) is 0 Å². The number of nitrogens with zero attached hydrogens (tertiary/aromatic N) is 4. The highest BCUT2D eigenvalue weighted by atomic mass is 16.5. The van der Waals surface area contributed by atoms with Crippen LogP contribution in [0.15, 0.2) is 35.1 Å². The summed E-state index contributed by atoms with van der Waals surface area (Å²) in [7, 11) is 0. The van der Waals surface area contributed by atoms with Gasteiger partial charge in [-0.3, -0.25) is 9.78 Å². The van der Waals surface area contributed by atoms with Crippen LogP contribution in [-0.4, -0.2) is 43.7 Å². The van der Waals surface area contributed by atoms with Crippen molar-refractivity contribution in [2.75, 3.05) is 6.61 Å². The maximum Gasteiger partial charge on any atom is 0.256 e. The normalized spacial score (nSPS) is 14.1. The minimum Gasteiger partial charge on any atom is -0.473 e. The Hall–Kier alpha value is -3.26. The van der Waals surface area contributed by atoms with Crippen LogP contribution in [0.5, 0.6) is 5.88 Å². The van der Waals surface area contributed by atoms with Crippen molar-refractivity contribution in [1.82, 2.24) is 20.0 Å². The lowest BCUT2D eigenvalue weighted by molar-refractivity contribution is 0.0602. The Labute approximate surface area is 180 Å².